The molecule has 174 valence electrons. The lowest BCUT2D eigenvalue weighted by molar-refractivity contribution is 0.394. The third kappa shape index (κ3) is 4.03. The molecule has 0 saturated carbocycles. The van der Waals surface area contributed by atoms with Crippen molar-refractivity contribution < 1.29 is 27.0 Å². The van der Waals surface area contributed by atoms with Crippen LogP contribution in [-0.2, 0) is 7.05 Å². The Labute approximate surface area is 192 Å². The van der Waals surface area contributed by atoms with Crippen molar-refractivity contribution in [3.63, 3.8) is 0 Å². The van der Waals surface area contributed by atoms with E-state index in [-0.39, 0.29) is 22.4 Å². The van der Waals surface area contributed by atoms with Crippen molar-refractivity contribution in [2.75, 3.05) is 14.2 Å². The minimum Gasteiger partial charge on any atom is -0.497 e. The maximum Gasteiger partial charge on any atom is 0.251 e. The number of benzene rings is 3. The number of rotatable bonds is 5. The molecule has 0 radical (unpaired) electrons. The summed E-state index contributed by atoms with van der Waals surface area (Å²) in [5.74, 6) is -3.47. The minimum absolute atomic E-state index is 0.0427. The van der Waals surface area contributed by atoms with Crippen LogP contribution in [0.5, 0.6) is 11.5 Å². The van der Waals surface area contributed by atoms with Crippen molar-refractivity contribution in [3.8, 4) is 45.0 Å². The van der Waals surface area contributed by atoms with E-state index in [1.54, 1.807) is 24.3 Å². The summed E-state index contributed by atoms with van der Waals surface area (Å²) in [5, 5.41) is 0. The summed E-state index contributed by atoms with van der Waals surface area (Å²) in [6, 6.07) is 12.7. The van der Waals surface area contributed by atoms with Gasteiger partial charge in [-0.25, -0.2) is 17.6 Å². The zero-order valence-corrected chi connectivity index (χ0v) is 18.5. The number of hydrogen-bond acceptors (Lipinski definition) is 3. The lowest BCUT2D eigenvalue weighted by Gasteiger charge is -2.21. The molecule has 3 aromatic carbocycles. The zero-order chi connectivity index (χ0) is 24.6. The van der Waals surface area contributed by atoms with Gasteiger partial charge in [-0.15, -0.1) is 0 Å². The Morgan fingerprint density at radius 3 is 1.85 bits per heavy atom. The molecule has 4 aromatic rings. The first-order valence-corrected chi connectivity index (χ1v) is 10.1. The molecule has 0 aliphatic rings. The number of methoxy groups -OCH3 is 2. The maximum absolute atomic E-state index is 15.0. The van der Waals surface area contributed by atoms with Gasteiger partial charge in [0.2, 0.25) is 0 Å². The molecule has 1 aromatic heterocycles. The van der Waals surface area contributed by atoms with Crippen LogP contribution in [0, 0.1) is 23.3 Å². The largest absolute Gasteiger partial charge is 0.497 e. The first-order valence-electron chi connectivity index (χ1n) is 10.1. The molecule has 0 unspecified atom stereocenters. The van der Waals surface area contributed by atoms with E-state index in [1.165, 1.54) is 45.5 Å². The molecular formula is C26H19F4NO3. The van der Waals surface area contributed by atoms with Gasteiger partial charge >= 0.3 is 0 Å². The first-order chi connectivity index (χ1) is 16.2. The first kappa shape index (κ1) is 23.1. The van der Waals surface area contributed by atoms with Crippen LogP contribution in [-0.4, -0.2) is 18.8 Å². The summed E-state index contributed by atoms with van der Waals surface area (Å²) in [6.45, 7) is 0. The van der Waals surface area contributed by atoms with Crippen LogP contribution in [0.2, 0.25) is 0 Å². The fourth-order valence-electron chi connectivity index (χ4n) is 3.90. The van der Waals surface area contributed by atoms with Gasteiger partial charge in [-0.3, -0.25) is 4.79 Å². The Morgan fingerprint density at radius 2 is 1.29 bits per heavy atom. The van der Waals surface area contributed by atoms with Crippen molar-refractivity contribution in [2.45, 2.75) is 0 Å². The predicted octanol–water partition coefficient (Wildman–Crippen LogP) is 5.96. The van der Waals surface area contributed by atoms with E-state index >= 15 is 0 Å². The molecule has 4 rings (SSSR count). The van der Waals surface area contributed by atoms with E-state index in [4.69, 9.17) is 9.47 Å². The van der Waals surface area contributed by atoms with E-state index in [1.807, 2.05) is 0 Å². The lowest BCUT2D eigenvalue weighted by atomic mass is 9.90. The number of hydrogen-bond donors (Lipinski definition) is 0. The Morgan fingerprint density at radius 1 is 0.706 bits per heavy atom. The summed E-state index contributed by atoms with van der Waals surface area (Å²) in [4.78, 5) is 12.9. The second kappa shape index (κ2) is 9.05. The average Bonchev–Trinajstić information content (AvgIpc) is 2.81. The van der Waals surface area contributed by atoms with Gasteiger partial charge in [0.25, 0.3) is 5.56 Å². The van der Waals surface area contributed by atoms with E-state index in [0.717, 1.165) is 4.57 Å². The second-order valence-electron chi connectivity index (χ2n) is 7.50. The van der Waals surface area contributed by atoms with Gasteiger partial charge in [0, 0.05) is 48.0 Å². The lowest BCUT2D eigenvalue weighted by Crippen LogP contribution is -2.20. The summed E-state index contributed by atoms with van der Waals surface area (Å²) < 4.78 is 70.2. The predicted molar refractivity (Wildman–Crippen MR) is 121 cm³/mol. The molecule has 34 heavy (non-hydrogen) atoms. The highest BCUT2D eigenvalue weighted by molar-refractivity contribution is 5.94. The molecule has 0 amide bonds. The topological polar surface area (TPSA) is 40.5 Å². The van der Waals surface area contributed by atoms with E-state index in [2.05, 4.69) is 0 Å². The average molecular weight is 469 g/mol. The van der Waals surface area contributed by atoms with Gasteiger partial charge < -0.3 is 14.0 Å². The van der Waals surface area contributed by atoms with Crippen LogP contribution >= 0.6 is 0 Å². The standard InChI is InChI=1S/C26H19F4NO3/c1-31-23(32)13-19(18-6-4-5-7-20(18)28)24(14-8-16(33-2)12-17(9-14)34-3)26(31)25-21(29)10-15(27)11-22(25)30/h4-13H,1-3H3. The Balaban J connectivity index is 2.24. The van der Waals surface area contributed by atoms with Gasteiger partial charge in [0.05, 0.1) is 25.5 Å². The van der Waals surface area contributed by atoms with E-state index in [9.17, 15) is 22.4 Å². The molecule has 0 atom stereocenters. The number of pyridine rings is 1. The number of ether oxygens (including phenoxy) is 2. The van der Waals surface area contributed by atoms with Crippen molar-refractivity contribution in [1.82, 2.24) is 4.57 Å². The summed E-state index contributed by atoms with van der Waals surface area (Å²) in [7, 11) is 4.18. The molecule has 0 fully saturated rings. The highest BCUT2D eigenvalue weighted by Crippen LogP contribution is 2.43. The number of aromatic nitrogens is 1. The summed E-state index contributed by atoms with van der Waals surface area (Å²) >= 11 is 0. The van der Waals surface area contributed by atoms with Crippen LogP contribution in [0.4, 0.5) is 17.6 Å². The molecule has 4 nitrogen and oxygen atoms in total. The summed E-state index contributed by atoms with van der Waals surface area (Å²) in [6.07, 6.45) is 0. The van der Waals surface area contributed by atoms with Crippen LogP contribution in [0.15, 0.2) is 65.5 Å². The highest BCUT2D eigenvalue weighted by atomic mass is 19.1. The van der Waals surface area contributed by atoms with Gasteiger partial charge in [-0.05, 0) is 23.8 Å². The van der Waals surface area contributed by atoms with Gasteiger partial charge in [-0.1, -0.05) is 18.2 Å². The van der Waals surface area contributed by atoms with E-state index < -0.39 is 34.4 Å². The minimum atomic E-state index is -1.21. The molecule has 0 saturated heterocycles. The van der Waals surface area contributed by atoms with Crippen molar-refractivity contribution >= 4 is 0 Å². The van der Waals surface area contributed by atoms with Crippen molar-refractivity contribution in [1.29, 1.82) is 0 Å². The molecular weight excluding hydrogens is 450 g/mol. The fraction of sp³-hybridized carbons (Fsp3) is 0.115. The Kier molecular flexibility index (Phi) is 6.15. The van der Waals surface area contributed by atoms with Gasteiger partial charge in [-0.2, -0.15) is 0 Å². The molecule has 0 aliphatic heterocycles. The Hall–Kier alpha value is -4.07. The molecule has 0 bridgehead atoms. The van der Waals surface area contributed by atoms with Crippen LogP contribution in [0.3, 0.4) is 0 Å². The van der Waals surface area contributed by atoms with Crippen molar-refractivity contribution in [2.24, 2.45) is 7.05 Å². The quantitative estimate of drug-likeness (QED) is 0.339. The molecule has 1 heterocycles. The maximum atomic E-state index is 15.0. The highest BCUT2D eigenvalue weighted by Gasteiger charge is 2.26. The fourth-order valence-corrected chi connectivity index (χ4v) is 3.90. The van der Waals surface area contributed by atoms with E-state index in [0.29, 0.717) is 29.2 Å². The Bertz CT molecular complexity index is 1420. The SMILES string of the molecule is COc1cc(OC)cc(-c2c(-c3ccccc3F)cc(=O)n(C)c2-c2c(F)cc(F)cc2F)c1. The molecule has 0 spiro atoms. The van der Waals surface area contributed by atoms with Crippen LogP contribution in [0.25, 0.3) is 33.5 Å². The summed E-state index contributed by atoms with van der Waals surface area (Å²) in [5.41, 5.74) is -0.866. The van der Waals surface area contributed by atoms with Crippen molar-refractivity contribution in [3.05, 3.63) is 94.3 Å². The monoisotopic (exact) mass is 469 g/mol. The third-order valence-electron chi connectivity index (χ3n) is 5.49. The third-order valence-corrected chi connectivity index (χ3v) is 5.49. The van der Waals surface area contributed by atoms with Crippen LogP contribution in [0.1, 0.15) is 0 Å². The molecule has 0 aliphatic carbocycles. The number of halogens is 4. The van der Waals surface area contributed by atoms with Gasteiger partial charge in [0.1, 0.15) is 34.8 Å². The molecule has 0 N–H and O–H groups in total. The smallest absolute Gasteiger partial charge is 0.251 e. The molecule has 8 heteroatoms. The van der Waals surface area contributed by atoms with Crippen LogP contribution < -0.4 is 15.0 Å². The zero-order valence-electron chi connectivity index (χ0n) is 18.5. The number of nitrogens with zero attached hydrogens (tertiary/aromatic N) is 1. The van der Waals surface area contributed by atoms with Gasteiger partial charge in [0.15, 0.2) is 0 Å². The normalized spacial score (nSPS) is 10.9. The second-order valence-corrected chi connectivity index (χ2v) is 7.50.